The molecule has 1 N–H and O–H groups in total. The summed E-state index contributed by atoms with van der Waals surface area (Å²) in [6.07, 6.45) is 4.33. The van der Waals surface area contributed by atoms with Crippen molar-refractivity contribution in [1.82, 2.24) is 10.2 Å². The number of carbonyl (C=O) groups excluding carboxylic acids is 1. The first-order valence-corrected chi connectivity index (χ1v) is 6.61. The maximum Gasteiger partial charge on any atom is 0.236 e. The van der Waals surface area contributed by atoms with Crippen LogP contribution >= 0.6 is 0 Å². The highest BCUT2D eigenvalue weighted by molar-refractivity contribution is 5.78. The maximum absolute atomic E-state index is 11.9. The Balaban J connectivity index is 1.72. The summed E-state index contributed by atoms with van der Waals surface area (Å²) in [6, 6.07) is 0.922. The Morgan fingerprint density at radius 1 is 1.41 bits per heavy atom. The number of rotatable bonds is 4. The van der Waals surface area contributed by atoms with Gasteiger partial charge in [0.1, 0.15) is 0 Å². The molecule has 2 rings (SSSR count). The van der Waals surface area contributed by atoms with E-state index in [1.54, 1.807) is 0 Å². The number of likely N-dealkylation sites (N-methyl/N-ethyl adjacent to an activating group) is 1. The second-order valence-electron chi connectivity index (χ2n) is 5.91. The van der Waals surface area contributed by atoms with Crippen LogP contribution in [0.15, 0.2) is 0 Å². The molecule has 2 aliphatic rings. The van der Waals surface area contributed by atoms with E-state index in [-0.39, 0.29) is 11.5 Å². The Morgan fingerprint density at radius 2 is 2.12 bits per heavy atom. The molecule has 1 unspecified atom stereocenters. The highest BCUT2D eigenvalue weighted by Gasteiger charge is 2.31. The SMILES string of the molecule is CN(C(=O)CNC1CCOC(C)(C)C1)C1CC1. The topological polar surface area (TPSA) is 41.6 Å². The molecule has 1 atom stereocenters. The van der Waals surface area contributed by atoms with E-state index in [9.17, 15) is 4.79 Å². The molecule has 1 aliphatic heterocycles. The van der Waals surface area contributed by atoms with Gasteiger partial charge < -0.3 is 15.0 Å². The average molecular weight is 240 g/mol. The predicted molar refractivity (Wildman–Crippen MR) is 66.8 cm³/mol. The van der Waals surface area contributed by atoms with E-state index in [1.807, 2.05) is 11.9 Å². The van der Waals surface area contributed by atoms with Crippen LogP contribution in [0.1, 0.15) is 39.5 Å². The minimum Gasteiger partial charge on any atom is -0.375 e. The van der Waals surface area contributed by atoms with E-state index in [1.165, 1.54) is 12.8 Å². The van der Waals surface area contributed by atoms with Crippen LogP contribution in [0.4, 0.5) is 0 Å². The second kappa shape index (κ2) is 4.94. The zero-order valence-electron chi connectivity index (χ0n) is 11.2. The van der Waals surface area contributed by atoms with Crippen molar-refractivity contribution in [2.24, 2.45) is 0 Å². The van der Waals surface area contributed by atoms with Crippen LogP contribution in [0.2, 0.25) is 0 Å². The first-order valence-electron chi connectivity index (χ1n) is 6.61. The van der Waals surface area contributed by atoms with E-state index in [0.717, 1.165) is 19.4 Å². The van der Waals surface area contributed by atoms with Gasteiger partial charge in [-0.25, -0.2) is 0 Å². The molecule has 0 aromatic heterocycles. The average Bonchev–Trinajstić information content (AvgIpc) is 3.07. The fourth-order valence-corrected chi connectivity index (χ4v) is 2.43. The van der Waals surface area contributed by atoms with Gasteiger partial charge in [-0.1, -0.05) is 0 Å². The van der Waals surface area contributed by atoms with E-state index in [4.69, 9.17) is 4.74 Å². The van der Waals surface area contributed by atoms with Crippen LogP contribution in [-0.2, 0) is 9.53 Å². The molecule has 4 nitrogen and oxygen atoms in total. The number of hydrogen-bond acceptors (Lipinski definition) is 3. The van der Waals surface area contributed by atoms with Crippen molar-refractivity contribution in [1.29, 1.82) is 0 Å². The first-order chi connectivity index (χ1) is 7.98. The summed E-state index contributed by atoms with van der Waals surface area (Å²) >= 11 is 0. The molecule has 1 saturated heterocycles. The van der Waals surface area contributed by atoms with Gasteiger partial charge in [0.25, 0.3) is 0 Å². The lowest BCUT2D eigenvalue weighted by atomic mass is 9.94. The molecule has 0 radical (unpaired) electrons. The van der Waals surface area contributed by atoms with Crippen LogP contribution in [0.5, 0.6) is 0 Å². The molecule has 1 aliphatic carbocycles. The van der Waals surface area contributed by atoms with Crippen molar-refractivity contribution < 1.29 is 9.53 Å². The molecule has 0 spiro atoms. The zero-order chi connectivity index (χ0) is 12.5. The highest BCUT2D eigenvalue weighted by Crippen LogP contribution is 2.26. The van der Waals surface area contributed by atoms with Gasteiger partial charge in [0.05, 0.1) is 12.1 Å². The summed E-state index contributed by atoms with van der Waals surface area (Å²) in [7, 11) is 1.91. The number of nitrogens with zero attached hydrogens (tertiary/aromatic N) is 1. The molecule has 17 heavy (non-hydrogen) atoms. The third-order valence-corrected chi connectivity index (χ3v) is 3.73. The van der Waals surface area contributed by atoms with Crippen molar-refractivity contribution in [2.75, 3.05) is 20.2 Å². The fraction of sp³-hybridized carbons (Fsp3) is 0.923. The molecule has 98 valence electrons. The smallest absolute Gasteiger partial charge is 0.236 e. The van der Waals surface area contributed by atoms with E-state index < -0.39 is 0 Å². The van der Waals surface area contributed by atoms with Gasteiger partial charge in [0.15, 0.2) is 0 Å². The van der Waals surface area contributed by atoms with Crippen LogP contribution in [0.25, 0.3) is 0 Å². The summed E-state index contributed by atoms with van der Waals surface area (Å²) in [5.41, 5.74) is -0.0542. The summed E-state index contributed by atoms with van der Waals surface area (Å²) < 4.78 is 5.66. The van der Waals surface area contributed by atoms with Crippen molar-refractivity contribution in [2.45, 2.75) is 57.2 Å². The van der Waals surface area contributed by atoms with Crippen LogP contribution < -0.4 is 5.32 Å². The van der Waals surface area contributed by atoms with Gasteiger partial charge in [0, 0.05) is 25.7 Å². The third kappa shape index (κ3) is 3.68. The van der Waals surface area contributed by atoms with Gasteiger partial charge in [-0.2, -0.15) is 0 Å². The third-order valence-electron chi connectivity index (χ3n) is 3.73. The monoisotopic (exact) mass is 240 g/mol. The molecular weight excluding hydrogens is 216 g/mol. The molecule has 1 saturated carbocycles. The number of nitrogens with one attached hydrogen (secondary N) is 1. The summed E-state index contributed by atoms with van der Waals surface area (Å²) in [6.45, 7) is 5.48. The van der Waals surface area contributed by atoms with E-state index in [0.29, 0.717) is 18.6 Å². The Morgan fingerprint density at radius 3 is 2.71 bits per heavy atom. The second-order valence-corrected chi connectivity index (χ2v) is 5.91. The molecule has 0 bridgehead atoms. The quantitative estimate of drug-likeness (QED) is 0.801. The van der Waals surface area contributed by atoms with E-state index in [2.05, 4.69) is 19.2 Å². The fourth-order valence-electron chi connectivity index (χ4n) is 2.43. The number of amides is 1. The lowest BCUT2D eigenvalue weighted by molar-refractivity contribution is -0.130. The minimum absolute atomic E-state index is 0.0542. The molecule has 4 heteroatoms. The Labute approximate surface area is 104 Å². The summed E-state index contributed by atoms with van der Waals surface area (Å²) in [5.74, 6) is 0.219. The molecule has 1 heterocycles. The Kier molecular flexibility index (Phi) is 3.73. The van der Waals surface area contributed by atoms with E-state index >= 15 is 0 Å². The molecule has 1 amide bonds. The van der Waals surface area contributed by atoms with Gasteiger partial charge in [-0.3, -0.25) is 4.79 Å². The van der Waals surface area contributed by atoms with Gasteiger partial charge in [-0.15, -0.1) is 0 Å². The lowest BCUT2D eigenvalue weighted by Crippen LogP contribution is -2.47. The lowest BCUT2D eigenvalue weighted by Gasteiger charge is -2.36. The Bertz CT molecular complexity index is 287. The largest absolute Gasteiger partial charge is 0.375 e. The summed E-state index contributed by atoms with van der Waals surface area (Å²) in [5, 5.41) is 3.37. The molecule has 0 aromatic rings. The number of hydrogen-bond donors (Lipinski definition) is 1. The maximum atomic E-state index is 11.9. The van der Waals surface area contributed by atoms with Crippen molar-refractivity contribution in [3.8, 4) is 0 Å². The van der Waals surface area contributed by atoms with Crippen molar-refractivity contribution in [3.63, 3.8) is 0 Å². The van der Waals surface area contributed by atoms with Crippen molar-refractivity contribution in [3.05, 3.63) is 0 Å². The van der Waals surface area contributed by atoms with Gasteiger partial charge in [-0.05, 0) is 39.5 Å². The standard InChI is InChI=1S/C13H24N2O2/c1-13(2)8-10(6-7-17-13)14-9-12(16)15(3)11-4-5-11/h10-11,14H,4-9H2,1-3H3. The normalized spacial score (nSPS) is 27.8. The van der Waals surface area contributed by atoms with Gasteiger partial charge >= 0.3 is 0 Å². The molecule has 0 aromatic carbocycles. The zero-order valence-corrected chi connectivity index (χ0v) is 11.2. The number of carbonyl (C=O) groups is 1. The molecule has 2 fully saturated rings. The predicted octanol–water partition coefficient (Wildman–Crippen LogP) is 1.15. The van der Waals surface area contributed by atoms with Gasteiger partial charge in [0.2, 0.25) is 5.91 Å². The Hall–Kier alpha value is -0.610. The minimum atomic E-state index is -0.0542. The number of ether oxygens (including phenoxy) is 1. The van der Waals surface area contributed by atoms with Crippen LogP contribution in [0.3, 0.4) is 0 Å². The highest BCUT2D eigenvalue weighted by atomic mass is 16.5. The van der Waals surface area contributed by atoms with Crippen LogP contribution in [0, 0.1) is 0 Å². The van der Waals surface area contributed by atoms with Crippen molar-refractivity contribution >= 4 is 5.91 Å². The molecular formula is C13H24N2O2. The first kappa shape index (κ1) is 12.8. The van der Waals surface area contributed by atoms with Crippen LogP contribution in [-0.4, -0.2) is 48.7 Å². The summed E-state index contributed by atoms with van der Waals surface area (Å²) in [4.78, 5) is 13.7.